The number of rotatable bonds is 8. The minimum atomic E-state index is -0.289. The summed E-state index contributed by atoms with van der Waals surface area (Å²) in [6, 6.07) is 12.5. The van der Waals surface area contributed by atoms with Crippen molar-refractivity contribution in [3.8, 4) is 17.3 Å². The first-order chi connectivity index (χ1) is 19.1. The third-order valence-corrected chi connectivity index (χ3v) is 7.69. The fourth-order valence-corrected chi connectivity index (χ4v) is 5.38. The second kappa shape index (κ2) is 11.5. The number of hydrogen-bond donors (Lipinski definition) is 2. The highest BCUT2D eigenvalue weighted by Crippen LogP contribution is 2.23. The van der Waals surface area contributed by atoms with E-state index in [1.807, 2.05) is 30.5 Å². The van der Waals surface area contributed by atoms with Crippen molar-refractivity contribution in [1.82, 2.24) is 29.4 Å². The number of fused-ring (bicyclic) bond motifs is 1. The van der Waals surface area contributed by atoms with Gasteiger partial charge in [0.2, 0.25) is 0 Å². The average Bonchev–Trinajstić information content (AvgIpc) is 3.29. The van der Waals surface area contributed by atoms with Crippen molar-refractivity contribution in [2.45, 2.75) is 45.2 Å². The van der Waals surface area contributed by atoms with Gasteiger partial charge in [0.25, 0.3) is 0 Å². The Morgan fingerprint density at radius 3 is 2.49 bits per heavy atom. The Kier molecular flexibility index (Phi) is 7.55. The summed E-state index contributed by atoms with van der Waals surface area (Å²) in [7, 11) is 0. The molecule has 0 amide bonds. The van der Waals surface area contributed by atoms with Crippen molar-refractivity contribution >= 4 is 17.0 Å². The molecule has 1 aromatic carbocycles. The van der Waals surface area contributed by atoms with Gasteiger partial charge in [0.15, 0.2) is 11.5 Å². The monoisotopic (exact) mass is 529 g/mol. The summed E-state index contributed by atoms with van der Waals surface area (Å²) in [5.41, 5.74) is 10.9. The molecule has 5 heterocycles. The number of imidazole rings is 1. The van der Waals surface area contributed by atoms with E-state index in [9.17, 15) is 4.79 Å². The second-order valence-corrected chi connectivity index (χ2v) is 10.6. The molecular formula is C29H35N7O3. The van der Waals surface area contributed by atoms with Gasteiger partial charge in [-0.2, -0.15) is 9.97 Å². The Balaban J connectivity index is 1.15. The number of aromatic nitrogens is 5. The van der Waals surface area contributed by atoms with Gasteiger partial charge in [0, 0.05) is 31.5 Å². The minimum Gasteiger partial charge on any atom is -0.463 e. The van der Waals surface area contributed by atoms with Crippen LogP contribution in [0.2, 0.25) is 0 Å². The molecule has 39 heavy (non-hydrogen) atoms. The first kappa shape index (κ1) is 25.5. The van der Waals surface area contributed by atoms with Crippen molar-refractivity contribution in [2.24, 2.45) is 5.92 Å². The molecule has 2 saturated heterocycles. The summed E-state index contributed by atoms with van der Waals surface area (Å²) < 4.78 is 12.8. The molecule has 0 radical (unpaired) electrons. The van der Waals surface area contributed by atoms with E-state index in [-0.39, 0.29) is 17.5 Å². The lowest BCUT2D eigenvalue weighted by Gasteiger charge is -2.26. The summed E-state index contributed by atoms with van der Waals surface area (Å²) in [6.45, 7) is 5.63. The summed E-state index contributed by atoms with van der Waals surface area (Å²) >= 11 is 0. The van der Waals surface area contributed by atoms with Gasteiger partial charge in [-0.25, -0.2) is 4.79 Å². The minimum absolute atomic E-state index is 0.185. The van der Waals surface area contributed by atoms with E-state index in [0.29, 0.717) is 30.2 Å². The predicted octanol–water partition coefficient (Wildman–Crippen LogP) is 3.60. The lowest BCUT2D eigenvalue weighted by atomic mass is 10.0. The van der Waals surface area contributed by atoms with E-state index in [0.717, 1.165) is 49.4 Å². The molecular weight excluding hydrogens is 494 g/mol. The van der Waals surface area contributed by atoms with Crippen molar-refractivity contribution in [3.05, 3.63) is 64.2 Å². The molecule has 4 aromatic rings. The quantitative estimate of drug-likeness (QED) is 0.355. The number of anilines is 1. The van der Waals surface area contributed by atoms with Gasteiger partial charge >= 0.3 is 11.7 Å². The summed E-state index contributed by atoms with van der Waals surface area (Å²) in [5, 5.41) is 0. The third kappa shape index (κ3) is 5.97. The Morgan fingerprint density at radius 1 is 0.974 bits per heavy atom. The van der Waals surface area contributed by atoms with Crippen LogP contribution in [0.3, 0.4) is 0 Å². The topological polar surface area (TPSA) is 124 Å². The summed E-state index contributed by atoms with van der Waals surface area (Å²) in [6.07, 6.45) is 7.78. The maximum Gasteiger partial charge on any atom is 0.328 e. The van der Waals surface area contributed by atoms with Gasteiger partial charge in [-0.15, -0.1) is 0 Å². The molecule has 0 aliphatic carbocycles. The molecule has 3 N–H and O–H groups in total. The zero-order valence-electron chi connectivity index (χ0n) is 22.1. The molecule has 3 aromatic heterocycles. The van der Waals surface area contributed by atoms with Crippen LogP contribution in [0, 0.1) is 5.92 Å². The van der Waals surface area contributed by atoms with Crippen molar-refractivity contribution in [2.75, 3.05) is 38.6 Å². The molecule has 0 saturated carbocycles. The van der Waals surface area contributed by atoms with E-state index in [2.05, 4.69) is 32.0 Å². The Labute approximate surface area is 227 Å². The highest BCUT2D eigenvalue weighted by atomic mass is 16.5. The van der Waals surface area contributed by atoms with E-state index in [1.54, 1.807) is 4.57 Å². The van der Waals surface area contributed by atoms with Crippen LogP contribution in [-0.2, 0) is 17.8 Å². The number of nitrogens with two attached hydrogens (primary N) is 1. The Morgan fingerprint density at radius 2 is 1.74 bits per heavy atom. The number of benzene rings is 1. The molecule has 2 aliphatic rings. The second-order valence-electron chi connectivity index (χ2n) is 10.6. The average molecular weight is 530 g/mol. The number of H-pyrrole nitrogens is 1. The zero-order chi connectivity index (χ0) is 26.6. The largest absolute Gasteiger partial charge is 0.463 e. The number of aromatic amines is 1. The van der Waals surface area contributed by atoms with Gasteiger partial charge in [-0.3, -0.25) is 14.5 Å². The lowest BCUT2D eigenvalue weighted by Crippen LogP contribution is -2.29. The van der Waals surface area contributed by atoms with Gasteiger partial charge in [-0.05, 0) is 61.9 Å². The Hall–Kier alpha value is -3.76. The van der Waals surface area contributed by atoms with Gasteiger partial charge in [-0.1, -0.05) is 36.8 Å². The molecule has 0 atom stereocenters. The van der Waals surface area contributed by atoms with Crippen LogP contribution in [0.15, 0.2) is 47.4 Å². The van der Waals surface area contributed by atoms with E-state index in [4.69, 9.17) is 20.2 Å². The van der Waals surface area contributed by atoms with Crippen molar-refractivity contribution < 1.29 is 9.47 Å². The molecule has 2 aliphatic heterocycles. The normalized spacial score (nSPS) is 17.0. The number of likely N-dealkylation sites (tertiary alicyclic amines) is 1. The fraction of sp³-hybridized carbons (Fsp3) is 0.448. The van der Waals surface area contributed by atoms with Crippen LogP contribution in [-0.4, -0.2) is 62.3 Å². The standard InChI is InChI=1S/C29H35N7O3/c30-26-25-27(34-28(33-26)39-19-21-10-14-38-15-11-21)36(29(37)32-25)18-20-4-7-23(8-5-20)24-9-6-22(16-31-24)17-35-12-2-1-3-13-35/h4-9,16,21H,1-3,10-15,17-19H2,(H,32,37)(H2,30,33,34). The van der Waals surface area contributed by atoms with Crippen LogP contribution in [0.5, 0.6) is 6.01 Å². The van der Waals surface area contributed by atoms with Crippen LogP contribution in [0.1, 0.15) is 43.2 Å². The third-order valence-electron chi connectivity index (χ3n) is 7.69. The molecule has 0 spiro atoms. The number of nitrogen functional groups attached to an aromatic ring is 1. The molecule has 10 heteroatoms. The van der Waals surface area contributed by atoms with Gasteiger partial charge in [0.05, 0.1) is 18.8 Å². The van der Waals surface area contributed by atoms with E-state index < -0.39 is 0 Å². The summed E-state index contributed by atoms with van der Waals surface area (Å²) in [5.74, 6) is 0.592. The number of nitrogens with zero attached hydrogens (tertiary/aromatic N) is 5. The van der Waals surface area contributed by atoms with E-state index >= 15 is 0 Å². The SMILES string of the molecule is Nc1nc(OCC2CCOCC2)nc2c1[nH]c(=O)n2Cc1ccc(-c2ccc(CN3CCCCC3)cn2)cc1. The van der Waals surface area contributed by atoms with Crippen LogP contribution in [0.4, 0.5) is 5.82 Å². The fourth-order valence-electron chi connectivity index (χ4n) is 5.38. The Bertz CT molecular complexity index is 1450. The molecule has 0 bridgehead atoms. The summed E-state index contributed by atoms with van der Waals surface area (Å²) in [4.78, 5) is 31.6. The van der Waals surface area contributed by atoms with Crippen LogP contribution < -0.4 is 16.2 Å². The van der Waals surface area contributed by atoms with E-state index in [1.165, 1.54) is 37.9 Å². The molecule has 2 fully saturated rings. The highest BCUT2D eigenvalue weighted by Gasteiger charge is 2.18. The molecule has 204 valence electrons. The van der Waals surface area contributed by atoms with Crippen molar-refractivity contribution in [3.63, 3.8) is 0 Å². The lowest BCUT2D eigenvalue weighted by molar-refractivity contribution is 0.0483. The maximum absolute atomic E-state index is 12.8. The number of hydrogen-bond acceptors (Lipinski definition) is 8. The predicted molar refractivity (Wildman–Crippen MR) is 150 cm³/mol. The number of ether oxygens (including phenoxy) is 2. The zero-order valence-corrected chi connectivity index (χ0v) is 22.1. The number of piperidine rings is 1. The molecule has 10 nitrogen and oxygen atoms in total. The van der Waals surface area contributed by atoms with Crippen LogP contribution >= 0.6 is 0 Å². The smallest absolute Gasteiger partial charge is 0.328 e. The van der Waals surface area contributed by atoms with Gasteiger partial charge < -0.3 is 20.2 Å². The van der Waals surface area contributed by atoms with Gasteiger partial charge in [0.1, 0.15) is 5.52 Å². The molecule has 6 rings (SSSR count). The van der Waals surface area contributed by atoms with Crippen LogP contribution in [0.25, 0.3) is 22.4 Å². The number of nitrogens with one attached hydrogen (secondary N) is 1. The first-order valence-electron chi connectivity index (χ1n) is 13.9. The van der Waals surface area contributed by atoms with Crippen molar-refractivity contribution in [1.29, 1.82) is 0 Å². The first-order valence-corrected chi connectivity index (χ1v) is 13.9. The maximum atomic E-state index is 12.8. The number of pyridine rings is 1. The highest BCUT2D eigenvalue weighted by molar-refractivity contribution is 5.82. The molecule has 0 unspecified atom stereocenters.